The van der Waals surface area contributed by atoms with E-state index >= 15 is 0 Å². The quantitative estimate of drug-likeness (QED) is 0.557. The molecule has 1 atom stereocenters. The van der Waals surface area contributed by atoms with E-state index in [1.165, 1.54) is 0 Å². The molecule has 3 aromatic rings. The number of para-hydroxylation sites is 1. The van der Waals surface area contributed by atoms with Crippen molar-refractivity contribution in [3.05, 3.63) is 66.1 Å². The van der Waals surface area contributed by atoms with Crippen molar-refractivity contribution >= 4 is 11.8 Å². The summed E-state index contributed by atoms with van der Waals surface area (Å²) in [6.45, 7) is 4.95. The first-order valence-corrected chi connectivity index (χ1v) is 12.1. The van der Waals surface area contributed by atoms with E-state index in [1.54, 1.807) is 11.2 Å². The molecule has 2 aromatic heterocycles. The van der Waals surface area contributed by atoms with Crippen molar-refractivity contribution in [1.82, 2.24) is 14.8 Å². The first kappa shape index (κ1) is 22.3. The lowest BCUT2D eigenvalue weighted by molar-refractivity contribution is -0.133. The monoisotopic (exact) mass is 461 g/mol. The van der Waals surface area contributed by atoms with Gasteiger partial charge in [-0.15, -0.1) is 0 Å². The lowest BCUT2D eigenvalue weighted by Crippen LogP contribution is -2.64. The number of furan rings is 1. The van der Waals surface area contributed by atoms with Crippen LogP contribution in [0.1, 0.15) is 55.6 Å². The molecule has 1 aromatic carbocycles. The summed E-state index contributed by atoms with van der Waals surface area (Å²) in [5, 5.41) is 3.24. The molecule has 0 spiro atoms. The molecule has 1 unspecified atom stereocenters. The second kappa shape index (κ2) is 9.05. The predicted molar refractivity (Wildman–Crippen MR) is 128 cm³/mol. The first-order chi connectivity index (χ1) is 16.5. The van der Waals surface area contributed by atoms with Crippen molar-refractivity contribution in [2.45, 2.75) is 64.2 Å². The van der Waals surface area contributed by atoms with E-state index in [4.69, 9.17) is 9.15 Å². The van der Waals surface area contributed by atoms with Gasteiger partial charge in [0.05, 0.1) is 31.7 Å². The minimum absolute atomic E-state index is 0.119. The molecule has 7 heteroatoms. The smallest absolute Gasteiger partial charge is 0.271 e. The van der Waals surface area contributed by atoms with Crippen LogP contribution in [0.3, 0.4) is 0 Å². The number of rotatable bonds is 7. The molecule has 1 N–H and O–H groups in total. The Morgan fingerprint density at radius 1 is 1.12 bits per heavy atom. The lowest BCUT2D eigenvalue weighted by Gasteiger charge is -2.45. The number of fused-ring (bicyclic) bond motifs is 1. The van der Waals surface area contributed by atoms with Crippen LogP contribution in [0.5, 0.6) is 5.75 Å². The Labute approximate surface area is 199 Å². The third-order valence-corrected chi connectivity index (χ3v) is 7.06. The van der Waals surface area contributed by atoms with Crippen molar-refractivity contribution in [2.75, 3.05) is 6.61 Å². The third kappa shape index (κ3) is 3.89. The fraction of sp³-hybridized carbons (Fsp3) is 0.407. The number of hydrogen-bond acceptors (Lipinski definition) is 4. The van der Waals surface area contributed by atoms with E-state index in [1.807, 2.05) is 66.9 Å². The number of carbonyl (C=O) groups is 2. The highest BCUT2D eigenvalue weighted by Crippen LogP contribution is 2.36. The summed E-state index contributed by atoms with van der Waals surface area (Å²) in [6, 6.07) is 15.3. The van der Waals surface area contributed by atoms with Crippen LogP contribution >= 0.6 is 0 Å². The molecule has 2 aliphatic rings. The van der Waals surface area contributed by atoms with Gasteiger partial charge in [-0.1, -0.05) is 31.0 Å². The number of aromatic nitrogens is 1. The Morgan fingerprint density at radius 2 is 1.88 bits per heavy atom. The van der Waals surface area contributed by atoms with Crippen LogP contribution < -0.4 is 10.1 Å². The molecular formula is C27H31N3O4. The number of nitrogens with one attached hydrogen (secondary N) is 1. The average Bonchev–Trinajstić information content (AvgIpc) is 3.60. The van der Waals surface area contributed by atoms with Crippen molar-refractivity contribution in [3.8, 4) is 17.2 Å². The topological polar surface area (TPSA) is 76.7 Å². The third-order valence-electron chi connectivity index (χ3n) is 7.06. The van der Waals surface area contributed by atoms with Gasteiger partial charge in [-0.05, 0) is 57.0 Å². The summed E-state index contributed by atoms with van der Waals surface area (Å²) in [6.07, 6.45) is 5.82. The molecule has 0 saturated heterocycles. The van der Waals surface area contributed by atoms with Gasteiger partial charge in [0.25, 0.3) is 5.91 Å². The molecule has 7 nitrogen and oxygen atoms in total. The molecule has 5 rings (SSSR count). The van der Waals surface area contributed by atoms with Crippen LogP contribution in [-0.4, -0.2) is 39.5 Å². The molecule has 1 fully saturated rings. The fourth-order valence-electron chi connectivity index (χ4n) is 5.17. The van der Waals surface area contributed by atoms with Crippen LogP contribution in [0.4, 0.5) is 0 Å². The number of carbonyl (C=O) groups excluding carboxylic acids is 2. The zero-order valence-corrected chi connectivity index (χ0v) is 19.8. The van der Waals surface area contributed by atoms with Gasteiger partial charge in [0.15, 0.2) is 0 Å². The molecule has 1 saturated carbocycles. The average molecular weight is 462 g/mol. The molecule has 1 aliphatic heterocycles. The summed E-state index contributed by atoms with van der Waals surface area (Å²) < 4.78 is 13.4. The van der Waals surface area contributed by atoms with Gasteiger partial charge in [-0.25, -0.2) is 0 Å². The minimum atomic E-state index is -1.08. The maximum atomic E-state index is 13.9. The molecule has 2 amide bonds. The fourth-order valence-corrected chi connectivity index (χ4v) is 5.17. The maximum absolute atomic E-state index is 13.9. The van der Waals surface area contributed by atoms with Crippen LogP contribution in [0.15, 0.2) is 59.2 Å². The van der Waals surface area contributed by atoms with Crippen molar-refractivity contribution < 1.29 is 18.7 Å². The molecule has 0 radical (unpaired) electrons. The number of ether oxygens (including phenoxy) is 1. The second-order valence-corrected chi connectivity index (χ2v) is 9.33. The molecule has 3 heterocycles. The van der Waals surface area contributed by atoms with E-state index < -0.39 is 5.54 Å². The van der Waals surface area contributed by atoms with E-state index in [0.717, 1.165) is 42.7 Å². The molecule has 34 heavy (non-hydrogen) atoms. The Kier molecular flexibility index (Phi) is 5.94. The Morgan fingerprint density at radius 3 is 2.62 bits per heavy atom. The van der Waals surface area contributed by atoms with E-state index in [-0.39, 0.29) is 24.4 Å². The summed E-state index contributed by atoms with van der Waals surface area (Å²) in [4.78, 5) is 29.4. The number of benzene rings is 1. The molecule has 0 bridgehead atoms. The van der Waals surface area contributed by atoms with Gasteiger partial charge in [-0.2, -0.15) is 0 Å². The first-order valence-electron chi connectivity index (χ1n) is 12.1. The highest BCUT2D eigenvalue weighted by Gasteiger charge is 2.48. The minimum Gasteiger partial charge on any atom is -0.494 e. The lowest BCUT2D eigenvalue weighted by atomic mass is 9.93. The van der Waals surface area contributed by atoms with Gasteiger partial charge >= 0.3 is 0 Å². The van der Waals surface area contributed by atoms with E-state index in [0.29, 0.717) is 24.6 Å². The van der Waals surface area contributed by atoms with Gasteiger partial charge in [0.1, 0.15) is 22.7 Å². The van der Waals surface area contributed by atoms with Crippen molar-refractivity contribution in [1.29, 1.82) is 0 Å². The largest absolute Gasteiger partial charge is 0.494 e. The van der Waals surface area contributed by atoms with E-state index in [2.05, 4.69) is 5.32 Å². The maximum Gasteiger partial charge on any atom is 0.271 e. The number of hydrogen-bond donors (Lipinski definition) is 1. The summed E-state index contributed by atoms with van der Waals surface area (Å²) in [7, 11) is 0. The van der Waals surface area contributed by atoms with Crippen molar-refractivity contribution in [2.24, 2.45) is 0 Å². The van der Waals surface area contributed by atoms with E-state index in [9.17, 15) is 9.59 Å². The number of nitrogens with zero attached hydrogens (tertiary/aromatic N) is 2. The summed E-state index contributed by atoms with van der Waals surface area (Å²) in [5.74, 6) is 1.10. The SMILES string of the molecule is CCOc1ccccc1CN1C(=O)c2ccc(-c3ccco3)n2CC1(C)C(=O)NC1CCCC1. The second-order valence-electron chi connectivity index (χ2n) is 9.33. The Hall–Kier alpha value is -3.48. The van der Waals surface area contributed by atoms with Crippen LogP contribution in [0, 0.1) is 0 Å². The predicted octanol–water partition coefficient (Wildman–Crippen LogP) is 4.62. The molecule has 1 aliphatic carbocycles. The van der Waals surface area contributed by atoms with Crippen LogP contribution in [0.25, 0.3) is 11.5 Å². The molecular weight excluding hydrogens is 430 g/mol. The summed E-state index contributed by atoms with van der Waals surface area (Å²) >= 11 is 0. The standard InChI is InChI=1S/C27H31N3O4/c1-3-33-23-12-7-4-9-19(23)17-30-25(31)22-15-14-21(24-13-8-16-34-24)29(22)18-27(30,2)26(32)28-20-10-5-6-11-20/h4,7-9,12-16,20H,3,5-6,10-11,17-18H2,1-2H3,(H,28,32). The Bertz CT molecular complexity index is 1180. The number of amides is 2. The molecule has 178 valence electrons. The Balaban J connectivity index is 1.55. The zero-order valence-electron chi connectivity index (χ0n) is 19.8. The van der Waals surface area contributed by atoms with Crippen LogP contribution in [-0.2, 0) is 17.9 Å². The van der Waals surface area contributed by atoms with Crippen LogP contribution in [0.2, 0.25) is 0 Å². The van der Waals surface area contributed by atoms with Gasteiger partial charge in [0, 0.05) is 11.6 Å². The van der Waals surface area contributed by atoms with Crippen molar-refractivity contribution in [3.63, 3.8) is 0 Å². The normalized spacial score (nSPS) is 20.4. The highest BCUT2D eigenvalue weighted by molar-refractivity contribution is 6.00. The van der Waals surface area contributed by atoms with Gasteiger partial charge in [0.2, 0.25) is 5.91 Å². The highest BCUT2D eigenvalue weighted by atomic mass is 16.5. The van der Waals surface area contributed by atoms with Gasteiger partial charge < -0.3 is 23.9 Å². The van der Waals surface area contributed by atoms with Gasteiger partial charge in [-0.3, -0.25) is 9.59 Å². The zero-order chi connectivity index (χ0) is 23.7. The summed E-state index contributed by atoms with van der Waals surface area (Å²) in [5.41, 5.74) is 1.14.